The van der Waals surface area contributed by atoms with Gasteiger partial charge >= 0.3 is 0 Å². The fraction of sp³-hybridized carbons (Fsp3) is 0.462. The van der Waals surface area contributed by atoms with Crippen molar-refractivity contribution < 1.29 is 9.18 Å². The number of carbonyl (C=O) groups is 1. The Morgan fingerprint density at radius 3 is 3.00 bits per heavy atom. The average molecular weight is 251 g/mol. The summed E-state index contributed by atoms with van der Waals surface area (Å²) in [7, 11) is 0. The molecule has 1 unspecified atom stereocenters. The van der Waals surface area contributed by atoms with Crippen LogP contribution < -0.4 is 16.4 Å². The second kappa shape index (κ2) is 5.82. The molecule has 98 valence electrons. The number of piperidine rings is 1. The van der Waals surface area contributed by atoms with Crippen LogP contribution in [0.4, 0.5) is 10.1 Å². The Morgan fingerprint density at radius 1 is 1.56 bits per heavy atom. The van der Waals surface area contributed by atoms with Crippen molar-refractivity contribution in [3.05, 3.63) is 29.6 Å². The van der Waals surface area contributed by atoms with Crippen LogP contribution in [0.3, 0.4) is 0 Å². The Bertz CT molecular complexity index is 430. The monoisotopic (exact) mass is 251 g/mol. The van der Waals surface area contributed by atoms with Crippen LogP contribution >= 0.6 is 0 Å². The number of primary amides is 1. The molecule has 1 aromatic rings. The summed E-state index contributed by atoms with van der Waals surface area (Å²) in [5.74, 6) is -0.527. The van der Waals surface area contributed by atoms with Gasteiger partial charge in [-0.25, -0.2) is 4.39 Å². The van der Waals surface area contributed by atoms with Gasteiger partial charge in [-0.15, -0.1) is 0 Å². The van der Waals surface area contributed by atoms with E-state index >= 15 is 0 Å². The first-order chi connectivity index (χ1) is 8.66. The van der Waals surface area contributed by atoms with E-state index in [2.05, 4.69) is 10.6 Å². The SMILES string of the molecule is NC(=O)c1ccc(NCC2CCCNC2)c(F)c1. The zero-order chi connectivity index (χ0) is 13.0. The van der Waals surface area contributed by atoms with Crippen LogP contribution in [-0.4, -0.2) is 25.5 Å². The van der Waals surface area contributed by atoms with Gasteiger partial charge in [0.05, 0.1) is 5.69 Å². The molecule has 1 aliphatic heterocycles. The number of nitrogens with two attached hydrogens (primary N) is 1. The summed E-state index contributed by atoms with van der Waals surface area (Å²) in [5.41, 5.74) is 5.70. The van der Waals surface area contributed by atoms with E-state index in [1.54, 1.807) is 6.07 Å². The highest BCUT2D eigenvalue weighted by molar-refractivity contribution is 5.93. The third-order valence-corrected chi connectivity index (χ3v) is 3.23. The average Bonchev–Trinajstić information content (AvgIpc) is 2.38. The second-order valence-corrected chi connectivity index (χ2v) is 4.65. The van der Waals surface area contributed by atoms with E-state index in [-0.39, 0.29) is 5.56 Å². The molecule has 1 amide bonds. The minimum atomic E-state index is -0.614. The van der Waals surface area contributed by atoms with Crippen LogP contribution in [0.2, 0.25) is 0 Å². The number of rotatable bonds is 4. The maximum absolute atomic E-state index is 13.7. The number of benzene rings is 1. The normalized spacial score (nSPS) is 19.5. The lowest BCUT2D eigenvalue weighted by Gasteiger charge is -2.23. The number of halogens is 1. The molecule has 4 N–H and O–H groups in total. The van der Waals surface area contributed by atoms with Crippen LogP contribution in [0.5, 0.6) is 0 Å². The van der Waals surface area contributed by atoms with Crippen LogP contribution in [0, 0.1) is 11.7 Å². The minimum Gasteiger partial charge on any atom is -0.382 e. The molecule has 1 fully saturated rings. The number of hydrogen-bond acceptors (Lipinski definition) is 3. The van der Waals surface area contributed by atoms with Gasteiger partial charge in [-0.2, -0.15) is 0 Å². The van der Waals surface area contributed by atoms with Crippen molar-refractivity contribution in [2.45, 2.75) is 12.8 Å². The molecule has 1 heterocycles. The predicted molar refractivity (Wildman–Crippen MR) is 69.0 cm³/mol. The van der Waals surface area contributed by atoms with Crippen molar-refractivity contribution in [2.24, 2.45) is 11.7 Å². The van der Waals surface area contributed by atoms with Gasteiger partial charge in [0.1, 0.15) is 5.82 Å². The number of amides is 1. The summed E-state index contributed by atoms with van der Waals surface area (Å²) >= 11 is 0. The quantitative estimate of drug-likeness (QED) is 0.756. The van der Waals surface area contributed by atoms with Gasteiger partial charge in [0.2, 0.25) is 5.91 Å². The number of nitrogens with one attached hydrogen (secondary N) is 2. The van der Waals surface area contributed by atoms with E-state index in [9.17, 15) is 9.18 Å². The van der Waals surface area contributed by atoms with Crippen molar-refractivity contribution in [2.75, 3.05) is 25.0 Å². The molecule has 1 aliphatic rings. The smallest absolute Gasteiger partial charge is 0.248 e. The first kappa shape index (κ1) is 12.8. The van der Waals surface area contributed by atoms with E-state index in [0.29, 0.717) is 11.6 Å². The largest absolute Gasteiger partial charge is 0.382 e. The van der Waals surface area contributed by atoms with E-state index in [0.717, 1.165) is 32.5 Å². The summed E-state index contributed by atoms with van der Waals surface area (Å²) in [6.07, 6.45) is 2.32. The van der Waals surface area contributed by atoms with Gasteiger partial charge in [0.25, 0.3) is 0 Å². The summed E-state index contributed by atoms with van der Waals surface area (Å²) in [5, 5.41) is 6.40. The van der Waals surface area contributed by atoms with Gasteiger partial charge in [0, 0.05) is 12.1 Å². The van der Waals surface area contributed by atoms with Crippen molar-refractivity contribution in [3.63, 3.8) is 0 Å². The molecule has 0 saturated carbocycles. The van der Waals surface area contributed by atoms with Crippen molar-refractivity contribution in [1.82, 2.24) is 5.32 Å². The van der Waals surface area contributed by atoms with Gasteiger partial charge in [0.15, 0.2) is 0 Å². The van der Waals surface area contributed by atoms with Crippen molar-refractivity contribution in [3.8, 4) is 0 Å². The second-order valence-electron chi connectivity index (χ2n) is 4.65. The standard InChI is InChI=1S/C13H18FN3O/c14-11-6-10(13(15)18)3-4-12(11)17-8-9-2-1-5-16-7-9/h3-4,6,9,16-17H,1-2,5,7-8H2,(H2,15,18). The molecule has 0 aliphatic carbocycles. The van der Waals surface area contributed by atoms with Crippen LogP contribution in [0.15, 0.2) is 18.2 Å². The fourth-order valence-corrected chi connectivity index (χ4v) is 2.16. The molecule has 1 atom stereocenters. The van der Waals surface area contributed by atoms with E-state index in [1.165, 1.54) is 12.1 Å². The van der Waals surface area contributed by atoms with Gasteiger partial charge < -0.3 is 16.4 Å². The Hall–Kier alpha value is -1.62. The van der Waals surface area contributed by atoms with Gasteiger partial charge in [-0.3, -0.25) is 4.79 Å². The Labute approximate surface area is 106 Å². The fourth-order valence-electron chi connectivity index (χ4n) is 2.16. The summed E-state index contributed by atoms with van der Waals surface area (Å²) in [4.78, 5) is 10.9. The third-order valence-electron chi connectivity index (χ3n) is 3.23. The molecule has 1 aromatic carbocycles. The summed E-state index contributed by atoms with van der Waals surface area (Å²) in [6, 6.07) is 4.27. The number of hydrogen-bond donors (Lipinski definition) is 3. The highest BCUT2D eigenvalue weighted by Crippen LogP contribution is 2.17. The molecule has 0 spiro atoms. The lowest BCUT2D eigenvalue weighted by atomic mass is 9.99. The van der Waals surface area contributed by atoms with E-state index in [1.807, 2.05) is 0 Å². The highest BCUT2D eigenvalue weighted by atomic mass is 19.1. The first-order valence-corrected chi connectivity index (χ1v) is 6.21. The van der Waals surface area contributed by atoms with Gasteiger partial charge in [-0.1, -0.05) is 0 Å². The summed E-state index contributed by atoms with van der Waals surface area (Å²) < 4.78 is 13.7. The molecule has 2 rings (SSSR count). The van der Waals surface area contributed by atoms with Crippen LogP contribution in [0.1, 0.15) is 23.2 Å². The highest BCUT2D eigenvalue weighted by Gasteiger charge is 2.13. The van der Waals surface area contributed by atoms with E-state index < -0.39 is 11.7 Å². The topological polar surface area (TPSA) is 67.2 Å². The van der Waals surface area contributed by atoms with Crippen molar-refractivity contribution >= 4 is 11.6 Å². The Balaban J connectivity index is 1.94. The molecule has 0 aromatic heterocycles. The van der Waals surface area contributed by atoms with E-state index in [4.69, 9.17) is 5.73 Å². The zero-order valence-electron chi connectivity index (χ0n) is 10.2. The molecule has 4 nitrogen and oxygen atoms in total. The lowest BCUT2D eigenvalue weighted by Crippen LogP contribution is -2.33. The predicted octanol–water partition coefficient (Wildman–Crippen LogP) is 1.34. The van der Waals surface area contributed by atoms with Crippen LogP contribution in [0.25, 0.3) is 0 Å². The third kappa shape index (κ3) is 3.20. The van der Waals surface area contributed by atoms with Gasteiger partial charge in [-0.05, 0) is 50.0 Å². The molecule has 0 radical (unpaired) electrons. The lowest BCUT2D eigenvalue weighted by molar-refractivity contribution is 0.1000. The molecule has 5 heteroatoms. The van der Waals surface area contributed by atoms with Crippen molar-refractivity contribution in [1.29, 1.82) is 0 Å². The number of anilines is 1. The van der Waals surface area contributed by atoms with Crippen LogP contribution in [-0.2, 0) is 0 Å². The maximum atomic E-state index is 13.7. The number of carbonyl (C=O) groups excluding carboxylic acids is 1. The molecule has 18 heavy (non-hydrogen) atoms. The zero-order valence-corrected chi connectivity index (χ0v) is 10.2. The summed E-state index contributed by atoms with van der Waals surface area (Å²) in [6.45, 7) is 2.77. The molecular formula is C13H18FN3O. The minimum absolute atomic E-state index is 0.192. The Morgan fingerprint density at radius 2 is 2.39 bits per heavy atom. The Kier molecular flexibility index (Phi) is 4.15. The molecule has 1 saturated heterocycles. The molecular weight excluding hydrogens is 233 g/mol. The molecule has 0 bridgehead atoms. The first-order valence-electron chi connectivity index (χ1n) is 6.21. The maximum Gasteiger partial charge on any atom is 0.248 e.